The molecule has 2 heterocycles. The van der Waals surface area contributed by atoms with Gasteiger partial charge in [0.15, 0.2) is 0 Å². The summed E-state index contributed by atoms with van der Waals surface area (Å²) in [5.41, 5.74) is 1.55. The Bertz CT molecular complexity index is 1140. The van der Waals surface area contributed by atoms with Crippen LogP contribution in [0, 0.1) is 29.4 Å². The summed E-state index contributed by atoms with van der Waals surface area (Å²) in [6, 6.07) is 9.13. The van der Waals surface area contributed by atoms with E-state index in [1.807, 2.05) is 24.3 Å². The molecule has 0 saturated carbocycles. The van der Waals surface area contributed by atoms with Crippen LogP contribution in [-0.2, 0) is 4.79 Å². The van der Waals surface area contributed by atoms with E-state index in [0.717, 1.165) is 35.7 Å². The first kappa shape index (κ1) is 23.7. The second-order valence-corrected chi connectivity index (χ2v) is 9.10. The fraction of sp³-hybridized carbons (Fsp3) is 0.385. The van der Waals surface area contributed by atoms with Gasteiger partial charge in [-0.15, -0.1) is 0 Å². The summed E-state index contributed by atoms with van der Waals surface area (Å²) in [5.74, 6) is 4.89. The number of anilines is 1. The third-order valence-electron chi connectivity index (χ3n) is 6.25. The Labute approximate surface area is 197 Å². The standard InChI is InChI=1S/C26H27F2N3O3/c1-16(2)4-3-5-17-6-8-18(9-7-17)25-22-13-30(14-24(33)31(22)23(25)15-32)26(34)29-21-12-19(27)10-11-20(21)28/h6-12,16,22-23,25,32H,4,13-15H2,1-2H3,(H,29,34)/t22-,23-,25-/m0/s1. The molecule has 0 radical (unpaired) electrons. The van der Waals surface area contributed by atoms with Crippen molar-refractivity contribution in [2.24, 2.45) is 5.92 Å². The van der Waals surface area contributed by atoms with Crippen molar-refractivity contribution in [1.29, 1.82) is 0 Å². The smallest absolute Gasteiger partial charge is 0.322 e. The zero-order valence-corrected chi connectivity index (χ0v) is 19.1. The predicted octanol–water partition coefficient (Wildman–Crippen LogP) is 3.57. The van der Waals surface area contributed by atoms with Gasteiger partial charge in [-0.3, -0.25) is 4.79 Å². The average Bonchev–Trinajstić information content (AvgIpc) is 2.78. The number of hydrogen-bond donors (Lipinski definition) is 2. The fourth-order valence-electron chi connectivity index (χ4n) is 4.59. The molecule has 2 saturated heterocycles. The van der Waals surface area contributed by atoms with Crippen LogP contribution in [0.2, 0.25) is 0 Å². The number of amides is 3. The lowest BCUT2D eigenvalue weighted by molar-refractivity contribution is -0.159. The lowest BCUT2D eigenvalue weighted by Crippen LogP contribution is -2.73. The van der Waals surface area contributed by atoms with Gasteiger partial charge in [0, 0.05) is 30.5 Å². The molecule has 2 fully saturated rings. The molecule has 3 amide bonds. The molecule has 2 aromatic carbocycles. The molecule has 0 spiro atoms. The summed E-state index contributed by atoms with van der Waals surface area (Å²) < 4.78 is 27.4. The van der Waals surface area contributed by atoms with Crippen LogP contribution in [0.15, 0.2) is 42.5 Å². The molecule has 178 valence electrons. The number of benzene rings is 2. The van der Waals surface area contributed by atoms with Crippen LogP contribution >= 0.6 is 0 Å². The lowest BCUT2D eigenvalue weighted by Gasteiger charge is -2.58. The van der Waals surface area contributed by atoms with Gasteiger partial charge in [0.25, 0.3) is 0 Å². The number of carbonyl (C=O) groups excluding carboxylic acids is 2. The van der Waals surface area contributed by atoms with Crippen molar-refractivity contribution >= 4 is 17.6 Å². The molecule has 4 rings (SSSR count). The number of aliphatic hydroxyl groups excluding tert-OH is 1. The molecular weight excluding hydrogens is 440 g/mol. The Morgan fingerprint density at radius 3 is 2.62 bits per heavy atom. The molecule has 0 unspecified atom stereocenters. The number of fused-ring (bicyclic) bond motifs is 1. The van der Waals surface area contributed by atoms with Crippen molar-refractivity contribution in [2.75, 3.05) is 25.0 Å². The Morgan fingerprint density at radius 2 is 1.94 bits per heavy atom. The molecule has 0 aliphatic carbocycles. The minimum absolute atomic E-state index is 0.159. The zero-order valence-electron chi connectivity index (χ0n) is 19.1. The highest BCUT2D eigenvalue weighted by molar-refractivity contribution is 5.94. The SMILES string of the molecule is CC(C)CC#Cc1ccc([C@@H]2[C@H](CO)N3C(=O)CN(C(=O)Nc4cc(F)ccc4F)C[C@@H]23)cc1. The molecule has 2 aliphatic rings. The molecule has 2 aromatic rings. The molecule has 0 bridgehead atoms. The largest absolute Gasteiger partial charge is 0.394 e. The van der Waals surface area contributed by atoms with Crippen LogP contribution < -0.4 is 5.32 Å². The van der Waals surface area contributed by atoms with E-state index >= 15 is 0 Å². The minimum atomic E-state index is -0.766. The van der Waals surface area contributed by atoms with Gasteiger partial charge in [0.05, 0.1) is 24.4 Å². The maximum absolute atomic E-state index is 13.9. The minimum Gasteiger partial charge on any atom is -0.394 e. The number of urea groups is 1. The summed E-state index contributed by atoms with van der Waals surface area (Å²) in [6.45, 7) is 4.04. The van der Waals surface area contributed by atoms with Gasteiger partial charge in [-0.2, -0.15) is 0 Å². The molecule has 3 atom stereocenters. The summed E-state index contributed by atoms with van der Waals surface area (Å²) in [4.78, 5) is 28.4. The molecule has 6 nitrogen and oxygen atoms in total. The van der Waals surface area contributed by atoms with Crippen LogP contribution in [0.5, 0.6) is 0 Å². The molecule has 34 heavy (non-hydrogen) atoms. The molecule has 0 aromatic heterocycles. The normalized spacial score (nSPS) is 21.5. The lowest BCUT2D eigenvalue weighted by atomic mass is 9.73. The van der Waals surface area contributed by atoms with E-state index in [-0.39, 0.29) is 49.3 Å². The number of carbonyl (C=O) groups is 2. The van der Waals surface area contributed by atoms with Crippen LogP contribution in [0.25, 0.3) is 0 Å². The number of nitrogens with zero attached hydrogens (tertiary/aromatic N) is 2. The van der Waals surface area contributed by atoms with Crippen molar-refractivity contribution in [3.05, 3.63) is 65.2 Å². The van der Waals surface area contributed by atoms with Crippen LogP contribution in [0.4, 0.5) is 19.3 Å². The number of nitrogens with one attached hydrogen (secondary N) is 1. The van der Waals surface area contributed by atoms with Crippen LogP contribution in [0.3, 0.4) is 0 Å². The van der Waals surface area contributed by atoms with Gasteiger partial charge in [-0.1, -0.05) is 37.8 Å². The summed E-state index contributed by atoms with van der Waals surface area (Å²) >= 11 is 0. The van der Waals surface area contributed by atoms with E-state index in [9.17, 15) is 23.5 Å². The topological polar surface area (TPSA) is 72.9 Å². The highest BCUT2D eigenvalue weighted by Crippen LogP contribution is 2.43. The predicted molar refractivity (Wildman–Crippen MR) is 124 cm³/mol. The van der Waals surface area contributed by atoms with Crippen molar-refractivity contribution in [1.82, 2.24) is 9.80 Å². The summed E-state index contributed by atoms with van der Waals surface area (Å²) in [5, 5.41) is 12.3. The first-order valence-electron chi connectivity index (χ1n) is 11.3. The third kappa shape index (κ3) is 4.75. The van der Waals surface area contributed by atoms with E-state index in [1.165, 1.54) is 4.90 Å². The number of rotatable bonds is 4. The molecule has 8 heteroatoms. The van der Waals surface area contributed by atoms with Crippen molar-refractivity contribution in [2.45, 2.75) is 38.3 Å². The van der Waals surface area contributed by atoms with E-state index in [2.05, 4.69) is 31.0 Å². The monoisotopic (exact) mass is 467 g/mol. The number of aliphatic hydroxyl groups is 1. The van der Waals surface area contributed by atoms with Gasteiger partial charge >= 0.3 is 6.03 Å². The Hall–Kier alpha value is -3.44. The highest BCUT2D eigenvalue weighted by atomic mass is 19.1. The summed E-state index contributed by atoms with van der Waals surface area (Å²) in [7, 11) is 0. The van der Waals surface area contributed by atoms with Gasteiger partial charge in [-0.05, 0) is 35.7 Å². The molecule has 2 N–H and O–H groups in total. The Balaban J connectivity index is 1.49. The van der Waals surface area contributed by atoms with Crippen LogP contribution in [-0.4, -0.2) is 58.6 Å². The van der Waals surface area contributed by atoms with E-state index in [1.54, 1.807) is 4.90 Å². The van der Waals surface area contributed by atoms with Gasteiger partial charge < -0.3 is 20.2 Å². The Kier molecular flexibility index (Phi) is 6.85. The Morgan fingerprint density at radius 1 is 1.21 bits per heavy atom. The van der Waals surface area contributed by atoms with Gasteiger partial charge in [0.1, 0.15) is 18.2 Å². The molecular formula is C26H27F2N3O3. The fourth-order valence-corrected chi connectivity index (χ4v) is 4.59. The average molecular weight is 468 g/mol. The first-order valence-corrected chi connectivity index (χ1v) is 11.3. The molecule has 2 aliphatic heterocycles. The van der Waals surface area contributed by atoms with Gasteiger partial charge in [0.2, 0.25) is 5.91 Å². The highest BCUT2D eigenvalue weighted by Gasteiger charge is 2.54. The van der Waals surface area contributed by atoms with Crippen LogP contribution in [0.1, 0.15) is 37.3 Å². The van der Waals surface area contributed by atoms with E-state index in [4.69, 9.17) is 0 Å². The zero-order chi connectivity index (χ0) is 24.4. The van der Waals surface area contributed by atoms with E-state index in [0.29, 0.717) is 5.92 Å². The van der Waals surface area contributed by atoms with Gasteiger partial charge in [-0.25, -0.2) is 13.6 Å². The maximum Gasteiger partial charge on any atom is 0.322 e. The summed E-state index contributed by atoms with van der Waals surface area (Å²) in [6.07, 6.45) is 0.813. The maximum atomic E-state index is 13.9. The van der Waals surface area contributed by atoms with E-state index < -0.39 is 17.7 Å². The first-order chi connectivity index (χ1) is 16.3. The quantitative estimate of drug-likeness (QED) is 0.676. The third-order valence-corrected chi connectivity index (χ3v) is 6.25. The van der Waals surface area contributed by atoms with Crippen molar-refractivity contribution < 1.29 is 23.5 Å². The van der Waals surface area contributed by atoms with Crippen molar-refractivity contribution in [3.63, 3.8) is 0 Å². The number of halogens is 2. The second-order valence-electron chi connectivity index (χ2n) is 9.10. The van der Waals surface area contributed by atoms with Crippen molar-refractivity contribution in [3.8, 4) is 11.8 Å². The number of piperazine rings is 1. The number of hydrogen-bond acceptors (Lipinski definition) is 3. The second kappa shape index (κ2) is 9.82.